The van der Waals surface area contributed by atoms with E-state index in [1.165, 1.54) is 16.2 Å². The summed E-state index contributed by atoms with van der Waals surface area (Å²) < 4.78 is 18.2. The second-order valence-corrected chi connectivity index (χ2v) is 6.62. The topological polar surface area (TPSA) is 51.2 Å². The molecule has 0 atom stereocenters. The molecule has 0 bridgehead atoms. The summed E-state index contributed by atoms with van der Waals surface area (Å²) in [6.45, 7) is 4.65. The molecule has 1 aromatic heterocycles. The molecule has 1 aliphatic carbocycles. The summed E-state index contributed by atoms with van der Waals surface area (Å²) in [5.74, 6) is -1.80. The standard InChI is InChI=1S/C14H17FN2O2S/c1-9(15)12(18)17-13-16-10-2-3-14(8-11(10)20-13)4-6-19-7-5-14/h1-8H2,(H,16,17,18). The van der Waals surface area contributed by atoms with Gasteiger partial charge >= 0.3 is 0 Å². The lowest BCUT2D eigenvalue weighted by Crippen LogP contribution is -2.34. The predicted octanol–water partition coefficient (Wildman–Crippen LogP) is 2.85. The van der Waals surface area contributed by atoms with Gasteiger partial charge in [0.05, 0.1) is 5.69 Å². The zero-order valence-electron chi connectivity index (χ0n) is 11.2. The average molecular weight is 296 g/mol. The Hall–Kier alpha value is -1.27. The van der Waals surface area contributed by atoms with Crippen LogP contribution < -0.4 is 5.32 Å². The molecule has 4 nitrogen and oxygen atoms in total. The highest BCUT2D eigenvalue weighted by Gasteiger charge is 2.37. The van der Waals surface area contributed by atoms with Crippen molar-refractivity contribution in [1.82, 2.24) is 4.98 Å². The molecule has 0 unspecified atom stereocenters. The lowest BCUT2D eigenvalue weighted by molar-refractivity contribution is -0.114. The van der Waals surface area contributed by atoms with Gasteiger partial charge < -0.3 is 4.74 Å². The minimum absolute atomic E-state index is 0.336. The number of halogens is 1. The molecule has 1 spiro atoms. The zero-order chi connectivity index (χ0) is 14.2. The largest absolute Gasteiger partial charge is 0.381 e. The van der Waals surface area contributed by atoms with Crippen molar-refractivity contribution in [2.45, 2.75) is 32.1 Å². The lowest BCUT2D eigenvalue weighted by Gasteiger charge is -2.39. The molecule has 20 heavy (non-hydrogen) atoms. The van der Waals surface area contributed by atoms with Gasteiger partial charge in [-0.15, -0.1) is 11.3 Å². The van der Waals surface area contributed by atoms with Crippen molar-refractivity contribution in [2.75, 3.05) is 18.5 Å². The van der Waals surface area contributed by atoms with Crippen LogP contribution in [0.2, 0.25) is 0 Å². The van der Waals surface area contributed by atoms with Gasteiger partial charge in [0.1, 0.15) is 0 Å². The van der Waals surface area contributed by atoms with Gasteiger partial charge in [-0.1, -0.05) is 6.58 Å². The van der Waals surface area contributed by atoms with Gasteiger partial charge in [0.25, 0.3) is 5.91 Å². The first kappa shape index (κ1) is 13.7. The van der Waals surface area contributed by atoms with Crippen molar-refractivity contribution in [2.24, 2.45) is 5.41 Å². The number of carbonyl (C=O) groups excluding carboxylic acids is 1. The van der Waals surface area contributed by atoms with Gasteiger partial charge in [-0.3, -0.25) is 10.1 Å². The summed E-state index contributed by atoms with van der Waals surface area (Å²) in [4.78, 5) is 16.9. The first-order valence-corrected chi connectivity index (χ1v) is 7.62. The molecule has 1 saturated heterocycles. The Labute approximate surface area is 121 Å². The lowest BCUT2D eigenvalue weighted by atomic mass is 9.70. The van der Waals surface area contributed by atoms with E-state index in [9.17, 15) is 9.18 Å². The van der Waals surface area contributed by atoms with E-state index in [0.717, 1.165) is 51.0 Å². The number of ether oxygens (including phenoxy) is 1. The second-order valence-electron chi connectivity index (χ2n) is 5.54. The molecule has 0 radical (unpaired) electrons. The van der Waals surface area contributed by atoms with Gasteiger partial charge in [0.2, 0.25) is 0 Å². The summed E-state index contributed by atoms with van der Waals surface area (Å²) in [7, 11) is 0. The van der Waals surface area contributed by atoms with Crippen LogP contribution >= 0.6 is 11.3 Å². The number of amides is 1. The molecule has 1 amide bonds. The van der Waals surface area contributed by atoms with Crippen LogP contribution in [0.15, 0.2) is 12.4 Å². The number of nitrogens with one attached hydrogen (secondary N) is 1. The zero-order valence-corrected chi connectivity index (χ0v) is 12.0. The summed E-state index contributed by atoms with van der Waals surface area (Å²) >= 11 is 1.46. The van der Waals surface area contributed by atoms with Crippen LogP contribution in [0.1, 0.15) is 29.8 Å². The Morgan fingerprint density at radius 2 is 2.15 bits per heavy atom. The first-order chi connectivity index (χ1) is 9.58. The maximum atomic E-state index is 12.7. The number of hydrogen-bond acceptors (Lipinski definition) is 4. The molecule has 2 heterocycles. The molecular weight excluding hydrogens is 279 g/mol. The molecule has 3 rings (SSSR count). The van der Waals surface area contributed by atoms with Crippen LogP contribution in [-0.2, 0) is 22.4 Å². The number of carbonyl (C=O) groups is 1. The molecule has 1 aliphatic heterocycles. The van der Waals surface area contributed by atoms with Gasteiger partial charge in [-0.2, -0.15) is 0 Å². The van der Waals surface area contributed by atoms with Gasteiger partial charge in [0, 0.05) is 18.1 Å². The van der Waals surface area contributed by atoms with E-state index in [4.69, 9.17) is 4.74 Å². The Morgan fingerprint density at radius 1 is 1.40 bits per heavy atom. The van der Waals surface area contributed by atoms with Crippen molar-refractivity contribution >= 4 is 22.4 Å². The van der Waals surface area contributed by atoms with Crippen LogP contribution in [0, 0.1) is 5.41 Å². The summed E-state index contributed by atoms with van der Waals surface area (Å²) in [5, 5.41) is 2.93. The molecular formula is C14H17FN2O2S. The monoisotopic (exact) mass is 296 g/mol. The van der Waals surface area contributed by atoms with E-state index in [1.54, 1.807) is 0 Å². The van der Waals surface area contributed by atoms with E-state index in [1.807, 2.05) is 0 Å². The van der Waals surface area contributed by atoms with Crippen LogP contribution in [-0.4, -0.2) is 24.1 Å². The number of hydrogen-bond donors (Lipinski definition) is 1. The number of fused-ring (bicyclic) bond motifs is 1. The molecule has 1 N–H and O–H groups in total. The average Bonchev–Trinajstić information content (AvgIpc) is 2.80. The first-order valence-electron chi connectivity index (χ1n) is 6.80. The number of nitrogens with zero attached hydrogens (tertiary/aromatic N) is 1. The van der Waals surface area contributed by atoms with Gasteiger partial charge in [0.15, 0.2) is 11.0 Å². The summed E-state index contributed by atoms with van der Waals surface area (Å²) in [6.07, 6.45) is 5.23. The molecule has 0 saturated carbocycles. The maximum Gasteiger partial charge on any atom is 0.285 e. The van der Waals surface area contributed by atoms with Crippen LogP contribution in [0.4, 0.5) is 9.52 Å². The fourth-order valence-corrected chi connectivity index (χ4v) is 4.16. The predicted molar refractivity (Wildman–Crippen MR) is 75.5 cm³/mol. The number of aromatic nitrogens is 1. The van der Waals surface area contributed by atoms with Crippen molar-refractivity contribution in [3.05, 3.63) is 23.0 Å². The van der Waals surface area contributed by atoms with E-state index >= 15 is 0 Å². The van der Waals surface area contributed by atoms with E-state index < -0.39 is 11.7 Å². The minimum Gasteiger partial charge on any atom is -0.381 e. The number of rotatable bonds is 2. The molecule has 1 fully saturated rings. The molecule has 6 heteroatoms. The SMILES string of the molecule is C=C(F)C(=O)Nc1nc2c(s1)CC1(CCOCC1)CC2. The minimum atomic E-state index is -0.987. The number of anilines is 1. The molecule has 2 aliphatic rings. The normalized spacial score (nSPS) is 20.4. The van der Waals surface area contributed by atoms with Crippen molar-refractivity contribution in [1.29, 1.82) is 0 Å². The maximum absolute atomic E-state index is 12.7. The highest BCUT2D eigenvalue weighted by molar-refractivity contribution is 7.15. The Bertz CT molecular complexity index is 549. The molecule has 108 valence electrons. The highest BCUT2D eigenvalue weighted by Crippen LogP contribution is 2.45. The highest BCUT2D eigenvalue weighted by atomic mass is 32.1. The van der Waals surface area contributed by atoms with Gasteiger partial charge in [-0.05, 0) is 37.5 Å². The number of aryl methyl sites for hydroxylation is 1. The Balaban J connectivity index is 1.75. The third-order valence-electron chi connectivity index (χ3n) is 4.23. The fraction of sp³-hybridized carbons (Fsp3) is 0.571. The third-order valence-corrected chi connectivity index (χ3v) is 5.24. The van der Waals surface area contributed by atoms with E-state index in [2.05, 4.69) is 16.9 Å². The summed E-state index contributed by atoms with van der Waals surface area (Å²) in [6, 6.07) is 0. The third kappa shape index (κ3) is 2.62. The van der Waals surface area contributed by atoms with Crippen molar-refractivity contribution in [3.8, 4) is 0 Å². The Kier molecular flexibility index (Phi) is 3.60. The fourth-order valence-electron chi connectivity index (χ4n) is 2.98. The smallest absolute Gasteiger partial charge is 0.285 e. The summed E-state index contributed by atoms with van der Waals surface area (Å²) in [5.41, 5.74) is 1.38. The van der Waals surface area contributed by atoms with Crippen LogP contribution in [0.5, 0.6) is 0 Å². The number of thiazole rings is 1. The second kappa shape index (κ2) is 5.26. The van der Waals surface area contributed by atoms with Crippen molar-refractivity contribution in [3.63, 3.8) is 0 Å². The van der Waals surface area contributed by atoms with Crippen LogP contribution in [0.3, 0.4) is 0 Å². The van der Waals surface area contributed by atoms with Crippen LogP contribution in [0.25, 0.3) is 0 Å². The Morgan fingerprint density at radius 3 is 2.85 bits per heavy atom. The quantitative estimate of drug-likeness (QED) is 0.854. The van der Waals surface area contributed by atoms with Gasteiger partial charge in [-0.25, -0.2) is 9.37 Å². The van der Waals surface area contributed by atoms with Crippen molar-refractivity contribution < 1.29 is 13.9 Å². The van der Waals surface area contributed by atoms with E-state index in [-0.39, 0.29) is 0 Å². The molecule has 1 aromatic rings. The molecule has 0 aromatic carbocycles. The van der Waals surface area contributed by atoms with E-state index in [0.29, 0.717) is 10.5 Å².